The fourth-order valence-corrected chi connectivity index (χ4v) is 3.77. The van der Waals surface area contributed by atoms with Crippen LogP contribution in [0.1, 0.15) is 49.3 Å². The molecular formula is C22H22. The molecule has 2 aromatic carbocycles. The topological polar surface area (TPSA) is 0 Å². The van der Waals surface area contributed by atoms with E-state index >= 15 is 0 Å². The Balaban J connectivity index is 1.74. The Bertz CT molecular complexity index is 774. The monoisotopic (exact) mass is 286 g/mol. The van der Waals surface area contributed by atoms with Gasteiger partial charge in [-0.3, -0.25) is 0 Å². The molecule has 0 aromatic heterocycles. The number of unbranched alkanes of at least 4 members (excludes halogenated alkanes) is 1. The van der Waals surface area contributed by atoms with Gasteiger partial charge in [0.25, 0.3) is 0 Å². The van der Waals surface area contributed by atoms with Crippen LogP contribution in [0.3, 0.4) is 0 Å². The minimum Gasteiger partial charge on any atom is -0.0798 e. The molecule has 0 amide bonds. The van der Waals surface area contributed by atoms with E-state index < -0.39 is 0 Å². The van der Waals surface area contributed by atoms with Gasteiger partial charge in [-0.25, -0.2) is 0 Å². The lowest BCUT2D eigenvalue weighted by atomic mass is 9.94. The fraction of sp³-hybridized carbons (Fsp3) is 0.273. The lowest BCUT2D eigenvalue weighted by molar-refractivity contribution is 0.800. The van der Waals surface area contributed by atoms with Gasteiger partial charge in [0.1, 0.15) is 0 Å². The normalized spacial score (nSPS) is 15.3. The van der Waals surface area contributed by atoms with Gasteiger partial charge in [0.05, 0.1) is 0 Å². The van der Waals surface area contributed by atoms with Gasteiger partial charge in [0.15, 0.2) is 0 Å². The van der Waals surface area contributed by atoms with Gasteiger partial charge in [-0.1, -0.05) is 61.9 Å². The van der Waals surface area contributed by atoms with Crippen molar-refractivity contribution in [2.24, 2.45) is 0 Å². The molecule has 0 saturated carbocycles. The van der Waals surface area contributed by atoms with Crippen LogP contribution in [0, 0.1) is 0 Å². The van der Waals surface area contributed by atoms with Gasteiger partial charge in [-0.2, -0.15) is 0 Å². The Hall–Kier alpha value is -2.08. The molecule has 0 aliphatic heterocycles. The highest BCUT2D eigenvalue weighted by Crippen LogP contribution is 2.40. The van der Waals surface area contributed by atoms with Crippen LogP contribution < -0.4 is 0 Å². The standard InChI is InChI=1S/C22H22/c1-2-3-7-16-9-6-11-20(16)19-13-12-18-14-17-8-4-5-10-21(17)22(18)15-19/h4-6,8-10,12-13,15H,2-3,7,11,14H2,1H3. The molecule has 0 atom stereocenters. The third kappa shape index (κ3) is 2.23. The first-order valence-electron chi connectivity index (χ1n) is 8.47. The molecular weight excluding hydrogens is 264 g/mol. The zero-order valence-electron chi connectivity index (χ0n) is 13.2. The van der Waals surface area contributed by atoms with E-state index in [0.717, 1.165) is 12.8 Å². The van der Waals surface area contributed by atoms with Crippen LogP contribution in [0.5, 0.6) is 0 Å². The van der Waals surface area contributed by atoms with E-state index in [0.29, 0.717) is 0 Å². The summed E-state index contributed by atoms with van der Waals surface area (Å²) in [5, 5.41) is 0. The van der Waals surface area contributed by atoms with E-state index in [4.69, 9.17) is 0 Å². The summed E-state index contributed by atoms with van der Waals surface area (Å²) in [6.07, 6.45) is 10.6. The summed E-state index contributed by atoms with van der Waals surface area (Å²) in [6.45, 7) is 2.27. The molecule has 2 aliphatic carbocycles. The average Bonchev–Trinajstić information content (AvgIpc) is 3.16. The maximum absolute atomic E-state index is 2.43. The fourth-order valence-electron chi connectivity index (χ4n) is 3.77. The van der Waals surface area contributed by atoms with Gasteiger partial charge in [-0.05, 0) is 70.7 Å². The van der Waals surface area contributed by atoms with Crippen LogP contribution in [0.15, 0.2) is 60.2 Å². The molecule has 0 unspecified atom stereocenters. The molecule has 0 fully saturated rings. The van der Waals surface area contributed by atoms with E-state index in [-0.39, 0.29) is 0 Å². The van der Waals surface area contributed by atoms with Crippen molar-refractivity contribution in [1.29, 1.82) is 0 Å². The second-order valence-electron chi connectivity index (χ2n) is 6.42. The van der Waals surface area contributed by atoms with Crippen LogP contribution in [0.25, 0.3) is 16.7 Å². The number of rotatable bonds is 4. The predicted molar refractivity (Wildman–Crippen MR) is 94.9 cm³/mol. The molecule has 0 heterocycles. The number of allylic oxidation sites excluding steroid dienone is 4. The molecule has 110 valence electrons. The second-order valence-corrected chi connectivity index (χ2v) is 6.42. The van der Waals surface area contributed by atoms with E-state index in [9.17, 15) is 0 Å². The Morgan fingerprint density at radius 1 is 0.955 bits per heavy atom. The molecule has 0 N–H and O–H groups in total. The lowest BCUT2D eigenvalue weighted by Crippen LogP contribution is -1.89. The maximum atomic E-state index is 2.43. The zero-order valence-corrected chi connectivity index (χ0v) is 13.2. The first-order valence-corrected chi connectivity index (χ1v) is 8.47. The van der Waals surface area contributed by atoms with Crippen molar-refractivity contribution >= 4 is 5.57 Å². The summed E-state index contributed by atoms with van der Waals surface area (Å²) in [4.78, 5) is 0. The van der Waals surface area contributed by atoms with Crippen LogP contribution >= 0.6 is 0 Å². The van der Waals surface area contributed by atoms with Gasteiger partial charge >= 0.3 is 0 Å². The van der Waals surface area contributed by atoms with Crippen molar-refractivity contribution in [3.63, 3.8) is 0 Å². The molecule has 2 aliphatic rings. The molecule has 2 aromatic rings. The van der Waals surface area contributed by atoms with Crippen LogP contribution in [-0.2, 0) is 6.42 Å². The minimum atomic E-state index is 1.09. The van der Waals surface area contributed by atoms with Crippen molar-refractivity contribution in [3.8, 4) is 11.1 Å². The lowest BCUT2D eigenvalue weighted by Gasteiger charge is -2.10. The third-order valence-corrected chi connectivity index (χ3v) is 4.98. The average molecular weight is 286 g/mol. The van der Waals surface area contributed by atoms with Gasteiger partial charge in [0.2, 0.25) is 0 Å². The smallest absolute Gasteiger partial charge is 0.00134 e. The highest BCUT2D eigenvalue weighted by molar-refractivity contribution is 5.83. The van der Waals surface area contributed by atoms with E-state index in [1.54, 1.807) is 11.1 Å². The molecule has 0 spiro atoms. The van der Waals surface area contributed by atoms with E-state index in [2.05, 4.69) is 61.5 Å². The molecule has 4 rings (SSSR count). The van der Waals surface area contributed by atoms with Crippen LogP contribution in [0.2, 0.25) is 0 Å². The summed E-state index contributed by atoms with van der Waals surface area (Å²) >= 11 is 0. The highest BCUT2D eigenvalue weighted by atomic mass is 14.2. The summed E-state index contributed by atoms with van der Waals surface area (Å²) in [5.41, 5.74) is 10.3. The number of hydrogen-bond acceptors (Lipinski definition) is 0. The SMILES string of the molecule is CCCCC1=C(c2ccc3c(c2)-c2ccccc2C3)CC=C1. The third-order valence-electron chi connectivity index (χ3n) is 4.98. The molecule has 22 heavy (non-hydrogen) atoms. The van der Waals surface area contributed by atoms with Crippen molar-refractivity contribution in [3.05, 3.63) is 76.9 Å². The van der Waals surface area contributed by atoms with Crippen LogP contribution in [-0.4, -0.2) is 0 Å². The summed E-state index contributed by atoms with van der Waals surface area (Å²) in [7, 11) is 0. The van der Waals surface area contributed by atoms with Crippen molar-refractivity contribution in [2.75, 3.05) is 0 Å². The Morgan fingerprint density at radius 3 is 2.73 bits per heavy atom. The second kappa shape index (κ2) is 5.61. The molecule has 0 nitrogen and oxygen atoms in total. The Morgan fingerprint density at radius 2 is 1.82 bits per heavy atom. The molecule has 0 bridgehead atoms. The van der Waals surface area contributed by atoms with Crippen molar-refractivity contribution in [2.45, 2.75) is 39.0 Å². The summed E-state index contributed by atoms with van der Waals surface area (Å²) in [5.74, 6) is 0. The van der Waals surface area contributed by atoms with Gasteiger partial charge in [-0.15, -0.1) is 0 Å². The Kier molecular flexibility index (Phi) is 3.46. The van der Waals surface area contributed by atoms with E-state index in [1.165, 1.54) is 47.1 Å². The van der Waals surface area contributed by atoms with Crippen molar-refractivity contribution < 1.29 is 0 Å². The van der Waals surface area contributed by atoms with Crippen molar-refractivity contribution in [1.82, 2.24) is 0 Å². The highest BCUT2D eigenvalue weighted by Gasteiger charge is 2.19. The number of benzene rings is 2. The summed E-state index contributed by atoms with van der Waals surface area (Å²) < 4.78 is 0. The predicted octanol–water partition coefficient (Wildman–Crippen LogP) is 6.16. The summed E-state index contributed by atoms with van der Waals surface area (Å²) in [6, 6.07) is 15.9. The number of hydrogen-bond donors (Lipinski definition) is 0. The molecule has 0 radical (unpaired) electrons. The quantitative estimate of drug-likeness (QED) is 0.538. The minimum absolute atomic E-state index is 1.09. The Labute approximate surface area is 133 Å². The first-order chi connectivity index (χ1) is 10.9. The van der Waals surface area contributed by atoms with Gasteiger partial charge in [0, 0.05) is 0 Å². The first kappa shape index (κ1) is 13.6. The zero-order chi connectivity index (χ0) is 14.9. The van der Waals surface area contributed by atoms with E-state index in [1.807, 2.05) is 0 Å². The number of fused-ring (bicyclic) bond motifs is 3. The maximum Gasteiger partial charge on any atom is -0.00134 e. The largest absolute Gasteiger partial charge is 0.0798 e. The van der Waals surface area contributed by atoms with Gasteiger partial charge < -0.3 is 0 Å². The molecule has 0 heteroatoms. The van der Waals surface area contributed by atoms with Crippen LogP contribution in [0.4, 0.5) is 0 Å². The molecule has 0 saturated heterocycles.